The van der Waals surface area contributed by atoms with E-state index in [4.69, 9.17) is 0 Å². The number of hydrogen-bond acceptors (Lipinski definition) is 5. The normalized spacial score (nSPS) is 10.5. The van der Waals surface area contributed by atoms with Gasteiger partial charge in [0.15, 0.2) is 0 Å². The van der Waals surface area contributed by atoms with Crippen LogP contribution in [0.3, 0.4) is 0 Å². The fourth-order valence-electron chi connectivity index (χ4n) is 2.43. The van der Waals surface area contributed by atoms with Crippen molar-refractivity contribution in [2.24, 2.45) is 0 Å². The lowest BCUT2D eigenvalue weighted by Gasteiger charge is -2.06. The molecule has 1 heterocycles. The number of nitrogens with one attached hydrogen (secondary N) is 2. The molecule has 0 atom stereocenters. The van der Waals surface area contributed by atoms with Gasteiger partial charge in [-0.05, 0) is 48.9 Å². The van der Waals surface area contributed by atoms with E-state index in [1.165, 1.54) is 12.7 Å². The number of nitrogens with zero attached hydrogens (tertiary/aromatic N) is 1. The third-order valence-electron chi connectivity index (χ3n) is 3.77. The van der Waals surface area contributed by atoms with Crippen molar-refractivity contribution in [3.63, 3.8) is 0 Å². The van der Waals surface area contributed by atoms with Crippen LogP contribution in [0.1, 0.15) is 12.0 Å². The van der Waals surface area contributed by atoms with Gasteiger partial charge >= 0.3 is 6.09 Å². The Balaban J connectivity index is 1.62. The first-order valence-corrected chi connectivity index (χ1v) is 8.96. The molecule has 0 spiro atoms. The zero-order valence-electron chi connectivity index (χ0n) is 14.5. The number of hydrogen-bond donors (Lipinski definition) is 2. The van der Waals surface area contributed by atoms with E-state index in [1.807, 2.05) is 30.3 Å². The number of thiazole rings is 1. The summed E-state index contributed by atoms with van der Waals surface area (Å²) >= 11 is 1.65. The molecule has 7 heteroatoms. The van der Waals surface area contributed by atoms with Gasteiger partial charge in [-0.2, -0.15) is 0 Å². The van der Waals surface area contributed by atoms with Crippen molar-refractivity contribution in [2.45, 2.75) is 13.3 Å². The molecular weight excluding hydrogens is 350 g/mol. The molecule has 6 nitrogen and oxygen atoms in total. The lowest BCUT2D eigenvalue weighted by molar-refractivity contribution is -0.116. The van der Waals surface area contributed by atoms with E-state index in [2.05, 4.69) is 39.4 Å². The summed E-state index contributed by atoms with van der Waals surface area (Å²) in [5, 5.41) is 6.22. The Bertz CT molecular complexity index is 935. The van der Waals surface area contributed by atoms with Crippen molar-refractivity contribution >= 4 is 39.2 Å². The van der Waals surface area contributed by atoms with E-state index in [0.29, 0.717) is 5.69 Å². The molecule has 26 heavy (non-hydrogen) atoms. The van der Waals surface area contributed by atoms with Crippen LogP contribution in [0.25, 0.3) is 20.8 Å². The number of benzene rings is 2. The second-order valence-corrected chi connectivity index (χ2v) is 6.81. The van der Waals surface area contributed by atoms with Gasteiger partial charge in [-0.15, -0.1) is 11.3 Å². The maximum absolute atomic E-state index is 11.9. The van der Waals surface area contributed by atoms with Crippen molar-refractivity contribution in [1.29, 1.82) is 0 Å². The van der Waals surface area contributed by atoms with Crippen LogP contribution in [-0.2, 0) is 9.53 Å². The number of carbonyl (C=O) groups excluding carboxylic acids is 2. The van der Waals surface area contributed by atoms with Crippen LogP contribution in [0, 0.1) is 6.92 Å². The number of amides is 2. The first-order valence-electron chi connectivity index (χ1n) is 8.14. The quantitative estimate of drug-likeness (QED) is 0.713. The Morgan fingerprint density at radius 3 is 2.65 bits per heavy atom. The van der Waals surface area contributed by atoms with Gasteiger partial charge in [0.1, 0.15) is 5.01 Å². The molecule has 2 N–H and O–H groups in total. The Labute approximate surface area is 155 Å². The summed E-state index contributed by atoms with van der Waals surface area (Å²) in [5.41, 5.74) is 3.92. The molecule has 0 unspecified atom stereocenters. The van der Waals surface area contributed by atoms with E-state index < -0.39 is 6.09 Å². The molecule has 1 aromatic heterocycles. The molecule has 0 saturated heterocycles. The maximum Gasteiger partial charge on any atom is 0.406 e. The fraction of sp³-hybridized carbons (Fsp3) is 0.211. The van der Waals surface area contributed by atoms with Gasteiger partial charge in [0.25, 0.3) is 0 Å². The van der Waals surface area contributed by atoms with Gasteiger partial charge in [-0.25, -0.2) is 9.78 Å². The average molecular weight is 369 g/mol. The Morgan fingerprint density at radius 2 is 1.92 bits per heavy atom. The molecule has 0 radical (unpaired) electrons. The molecule has 2 amide bonds. The highest BCUT2D eigenvalue weighted by molar-refractivity contribution is 7.21. The molecule has 3 aromatic rings. The Hall–Kier alpha value is -2.93. The number of aryl methyl sites for hydroxylation is 1. The highest BCUT2D eigenvalue weighted by Gasteiger charge is 2.08. The predicted molar refractivity (Wildman–Crippen MR) is 103 cm³/mol. The number of aromatic nitrogens is 1. The van der Waals surface area contributed by atoms with Crippen LogP contribution >= 0.6 is 11.3 Å². The zero-order valence-corrected chi connectivity index (χ0v) is 15.4. The molecular formula is C19H19N3O3S. The van der Waals surface area contributed by atoms with Crippen LogP contribution in [0.4, 0.5) is 10.5 Å². The van der Waals surface area contributed by atoms with Gasteiger partial charge in [-0.3, -0.25) is 4.79 Å². The third kappa shape index (κ3) is 4.37. The number of anilines is 1. The first-order chi connectivity index (χ1) is 12.5. The van der Waals surface area contributed by atoms with Gasteiger partial charge < -0.3 is 15.4 Å². The lowest BCUT2D eigenvalue weighted by Crippen LogP contribution is -2.27. The van der Waals surface area contributed by atoms with Gasteiger partial charge in [0.05, 0.1) is 17.3 Å². The monoisotopic (exact) mass is 369 g/mol. The summed E-state index contributed by atoms with van der Waals surface area (Å²) in [6.45, 7) is 2.29. The van der Waals surface area contributed by atoms with Crippen molar-refractivity contribution in [1.82, 2.24) is 10.3 Å². The van der Waals surface area contributed by atoms with Crippen LogP contribution < -0.4 is 10.6 Å². The molecule has 3 rings (SSSR count). The molecule has 0 saturated carbocycles. The Kier molecular flexibility index (Phi) is 5.48. The summed E-state index contributed by atoms with van der Waals surface area (Å²) in [6, 6.07) is 13.8. The largest absolute Gasteiger partial charge is 0.453 e. The average Bonchev–Trinajstić information content (AvgIpc) is 3.05. The molecule has 0 aliphatic heterocycles. The predicted octanol–water partition coefficient (Wildman–Crippen LogP) is 3.96. The summed E-state index contributed by atoms with van der Waals surface area (Å²) in [6.07, 6.45) is -0.373. The second kappa shape index (κ2) is 7.97. The van der Waals surface area contributed by atoms with E-state index in [0.717, 1.165) is 20.8 Å². The topological polar surface area (TPSA) is 80.3 Å². The molecule has 0 fully saturated rings. The standard InChI is InChI=1S/C19H19N3O3S/c1-12-3-8-15-16(11-12)26-18(22-15)13-4-6-14(7-5-13)21-17(23)9-10-20-19(24)25-2/h3-8,11H,9-10H2,1-2H3,(H,20,24)(H,21,23). The number of alkyl carbamates (subject to hydrolysis) is 1. The van der Waals surface area contributed by atoms with E-state index in [9.17, 15) is 9.59 Å². The summed E-state index contributed by atoms with van der Waals surface area (Å²) in [4.78, 5) is 27.5. The second-order valence-electron chi connectivity index (χ2n) is 5.78. The smallest absolute Gasteiger partial charge is 0.406 e. The van der Waals surface area contributed by atoms with Crippen molar-refractivity contribution in [2.75, 3.05) is 19.0 Å². The fourth-order valence-corrected chi connectivity index (χ4v) is 3.49. The van der Waals surface area contributed by atoms with Crippen LogP contribution in [0.5, 0.6) is 0 Å². The lowest BCUT2D eigenvalue weighted by atomic mass is 10.2. The van der Waals surface area contributed by atoms with Crippen LogP contribution in [0.15, 0.2) is 42.5 Å². The molecule has 2 aromatic carbocycles. The number of ether oxygens (including phenoxy) is 1. The summed E-state index contributed by atoms with van der Waals surface area (Å²) in [7, 11) is 1.28. The van der Waals surface area contributed by atoms with E-state index in [-0.39, 0.29) is 18.9 Å². The highest BCUT2D eigenvalue weighted by atomic mass is 32.1. The zero-order chi connectivity index (χ0) is 18.5. The van der Waals surface area contributed by atoms with Gasteiger partial charge in [-0.1, -0.05) is 6.07 Å². The van der Waals surface area contributed by atoms with Crippen LogP contribution in [-0.4, -0.2) is 30.6 Å². The van der Waals surface area contributed by atoms with Crippen molar-refractivity contribution in [3.8, 4) is 10.6 Å². The SMILES string of the molecule is COC(=O)NCCC(=O)Nc1ccc(-c2nc3ccc(C)cc3s2)cc1. The van der Waals surface area contributed by atoms with Gasteiger partial charge in [0.2, 0.25) is 5.91 Å². The number of rotatable bonds is 5. The molecule has 0 aliphatic carbocycles. The minimum absolute atomic E-state index is 0.175. The minimum atomic E-state index is -0.548. The first kappa shape index (κ1) is 17.9. The maximum atomic E-state index is 11.9. The van der Waals surface area contributed by atoms with Crippen molar-refractivity contribution in [3.05, 3.63) is 48.0 Å². The molecule has 134 valence electrons. The Morgan fingerprint density at radius 1 is 1.15 bits per heavy atom. The summed E-state index contributed by atoms with van der Waals surface area (Å²) < 4.78 is 5.61. The van der Waals surface area contributed by atoms with E-state index in [1.54, 1.807) is 11.3 Å². The molecule has 0 aliphatic rings. The number of fused-ring (bicyclic) bond motifs is 1. The number of methoxy groups -OCH3 is 1. The van der Waals surface area contributed by atoms with Gasteiger partial charge in [0, 0.05) is 24.2 Å². The third-order valence-corrected chi connectivity index (χ3v) is 4.83. The van der Waals surface area contributed by atoms with Crippen molar-refractivity contribution < 1.29 is 14.3 Å². The van der Waals surface area contributed by atoms with E-state index >= 15 is 0 Å². The number of carbonyl (C=O) groups is 2. The van der Waals surface area contributed by atoms with Crippen LogP contribution in [0.2, 0.25) is 0 Å². The molecule has 0 bridgehead atoms. The highest BCUT2D eigenvalue weighted by Crippen LogP contribution is 2.31. The summed E-state index contributed by atoms with van der Waals surface area (Å²) in [5.74, 6) is -0.176. The minimum Gasteiger partial charge on any atom is -0.453 e.